The van der Waals surface area contributed by atoms with Crippen molar-refractivity contribution in [3.8, 4) is 0 Å². The van der Waals surface area contributed by atoms with Gasteiger partial charge in [-0.05, 0) is 0 Å². The van der Waals surface area contributed by atoms with E-state index in [1.54, 1.807) is 0 Å². The van der Waals surface area contributed by atoms with Crippen LogP contribution in [0.15, 0.2) is 24.3 Å². The van der Waals surface area contributed by atoms with Crippen molar-refractivity contribution in [2.45, 2.75) is 11.8 Å². The summed E-state index contributed by atoms with van der Waals surface area (Å²) in [4.78, 5) is 10.1. The topological polar surface area (TPSA) is 130 Å². The highest BCUT2D eigenvalue weighted by Gasteiger charge is 2.22. The van der Waals surface area contributed by atoms with Crippen LogP contribution in [0, 0.1) is 10.1 Å². The summed E-state index contributed by atoms with van der Waals surface area (Å²) in [6, 6.07) is 4.46. The van der Waals surface area contributed by atoms with Crippen molar-refractivity contribution in [1.29, 1.82) is 0 Å². The number of rotatable bonds is 7. The number of sulfonamides is 1. The van der Waals surface area contributed by atoms with Crippen LogP contribution < -0.4 is 4.72 Å². The molecule has 3 N–H and O–H groups in total. The number of hydrogen-bond acceptors (Lipinski definition) is 6. The third-order valence-corrected chi connectivity index (χ3v) is 3.70. The van der Waals surface area contributed by atoms with Gasteiger partial charge in [-0.3, -0.25) is 10.1 Å². The largest absolute Gasteiger partial charge is 0.395 e. The van der Waals surface area contributed by atoms with Gasteiger partial charge in [0.25, 0.3) is 5.69 Å². The monoisotopic (exact) mass is 290 g/mol. The maximum Gasteiger partial charge on any atom is 0.273 e. The molecule has 0 atom stereocenters. The molecule has 0 radical (unpaired) electrons. The molecule has 0 saturated heterocycles. The van der Waals surface area contributed by atoms with Gasteiger partial charge < -0.3 is 10.2 Å². The minimum absolute atomic E-state index is 0.0367. The Morgan fingerprint density at radius 2 is 1.84 bits per heavy atom. The molecular weight excluding hydrogens is 276 g/mol. The molecule has 0 aliphatic rings. The molecule has 0 saturated carbocycles. The fourth-order valence-corrected chi connectivity index (χ4v) is 2.84. The maximum atomic E-state index is 11.7. The van der Waals surface area contributed by atoms with E-state index < -0.39 is 40.0 Å². The van der Waals surface area contributed by atoms with Crippen LogP contribution in [0.5, 0.6) is 0 Å². The van der Waals surface area contributed by atoms with Crippen molar-refractivity contribution in [2.75, 3.05) is 13.2 Å². The van der Waals surface area contributed by atoms with Crippen molar-refractivity contribution >= 4 is 15.7 Å². The molecule has 1 rings (SSSR count). The van der Waals surface area contributed by atoms with Crippen LogP contribution >= 0.6 is 0 Å². The number of benzene rings is 1. The van der Waals surface area contributed by atoms with Crippen LogP contribution in [0.25, 0.3) is 0 Å². The Kier molecular flexibility index (Phi) is 5.36. The average Bonchev–Trinajstić information content (AvgIpc) is 2.35. The molecular formula is C10H14N2O6S. The van der Waals surface area contributed by atoms with E-state index >= 15 is 0 Å². The Labute approximate surface area is 109 Å². The lowest BCUT2D eigenvalue weighted by Crippen LogP contribution is -2.40. The smallest absolute Gasteiger partial charge is 0.273 e. The minimum Gasteiger partial charge on any atom is -0.395 e. The van der Waals surface area contributed by atoms with E-state index in [1.807, 2.05) is 0 Å². The quantitative estimate of drug-likeness (QED) is 0.452. The van der Waals surface area contributed by atoms with E-state index in [2.05, 4.69) is 4.72 Å². The Hall–Kier alpha value is -1.55. The molecule has 0 heterocycles. The van der Waals surface area contributed by atoms with Gasteiger partial charge in [-0.2, -0.15) is 0 Å². The average molecular weight is 290 g/mol. The first-order chi connectivity index (χ1) is 8.89. The zero-order valence-corrected chi connectivity index (χ0v) is 10.7. The van der Waals surface area contributed by atoms with Gasteiger partial charge >= 0.3 is 0 Å². The summed E-state index contributed by atoms with van der Waals surface area (Å²) in [5, 5.41) is 28.4. The number of nitro groups is 1. The Morgan fingerprint density at radius 1 is 1.26 bits per heavy atom. The van der Waals surface area contributed by atoms with Crippen molar-refractivity contribution in [3.63, 3.8) is 0 Å². The second-order valence-corrected chi connectivity index (χ2v) is 5.58. The van der Waals surface area contributed by atoms with E-state index in [0.29, 0.717) is 0 Å². The lowest BCUT2D eigenvalue weighted by atomic mass is 10.2. The zero-order valence-electron chi connectivity index (χ0n) is 9.89. The number of nitrogens with zero attached hydrogens (tertiary/aromatic N) is 1. The molecule has 0 aliphatic carbocycles. The van der Waals surface area contributed by atoms with Gasteiger partial charge in [-0.25, -0.2) is 13.1 Å². The van der Waals surface area contributed by atoms with E-state index in [4.69, 9.17) is 10.2 Å². The van der Waals surface area contributed by atoms with Crippen LogP contribution in [-0.2, 0) is 15.8 Å². The highest BCUT2D eigenvalue weighted by molar-refractivity contribution is 7.88. The van der Waals surface area contributed by atoms with Crippen LogP contribution in [0.3, 0.4) is 0 Å². The molecule has 8 nitrogen and oxygen atoms in total. The zero-order chi connectivity index (χ0) is 14.5. The predicted molar refractivity (Wildman–Crippen MR) is 66.8 cm³/mol. The summed E-state index contributed by atoms with van der Waals surface area (Å²) < 4.78 is 25.6. The molecule has 0 aliphatic heterocycles. The van der Waals surface area contributed by atoms with Gasteiger partial charge in [-0.1, -0.05) is 18.2 Å². The molecule has 1 aromatic carbocycles. The number of nitrogens with one attached hydrogen (secondary N) is 1. The SMILES string of the molecule is O=[N+]([O-])c1ccccc1CS(=O)(=O)NC(CO)CO. The Morgan fingerprint density at radius 3 is 2.37 bits per heavy atom. The summed E-state index contributed by atoms with van der Waals surface area (Å²) in [6.07, 6.45) is 0. The van der Waals surface area contributed by atoms with Crippen molar-refractivity contribution in [2.24, 2.45) is 0 Å². The highest BCUT2D eigenvalue weighted by atomic mass is 32.2. The summed E-state index contributed by atoms with van der Waals surface area (Å²) in [7, 11) is -3.89. The minimum atomic E-state index is -3.89. The van der Waals surface area contributed by atoms with Crippen molar-refractivity contribution in [1.82, 2.24) is 4.72 Å². The Bertz CT molecular complexity index is 541. The number of aliphatic hydroxyl groups is 2. The van der Waals surface area contributed by atoms with Gasteiger partial charge in [0.05, 0.1) is 29.9 Å². The van der Waals surface area contributed by atoms with Crippen molar-refractivity contribution < 1.29 is 23.6 Å². The first kappa shape index (κ1) is 15.5. The summed E-state index contributed by atoms with van der Waals surface area (Å²) in [5.74, 6) is -0.597. The standard InChI is InChI=1S/C10H14N2O6S/c13-5-9(6-14)11-19(17,18)7-8-3-1-2-4-10(8)12(15)16/h1-4,9,11,13-14H,5-7H2. The highest BCUT2D eigenvalue weighted by Crippen LogP contribution is 2.19. The van der Waals surface area contributed by atoms with Crippen molar-refractivity contribution in [3.05, 3.63) is 39.9 Å². The van der Waals surface area contributed by atoms with Gasteiger partial charge in [0, 0.05) is 11.6 Å². The molecule has 0 spiro atoms. The first-order valence-corrected chi connectivity index (χ1v) is 6.99. The van der Waals surface area contributed by atoms with Crippen LogP contribution in [0.2, 0.25) is 0 Å². The lowest BCUT2D eigenvalue weighted by Gasteiger charge is -2.13. The molecule has 0 fully saturated rings. The second-order valence-electron chi connectivity index (χ2n) is 3.82. The molecule has 0 unspecified atom stereocenters. The number of nitro benzene ring substituents is 1. The molecule has 0 aromatic heterocycles. The second kappa shape index (κ2) is 6.57. The summed E-state index contributed by atoms with van der Waals surface area (Å²) in [5.41, 5.74) is -0.257. The van der Waals surface area contributed by atoms with Gasteiger partial charge in [0.1, 0.15) is 0 Å². The fourth-order valence-electron chi connectivity index (χ4n) is 1.44. The number of para-hydroxylation sites is 1. The first-order valence-electron chi connectivity index (χ1n) is 5.33. The summed E-state index contributed by atoms with van der Waals surface area (Å²) in [6.45, 7) is -1.13. The lowest BCUT2D eigenvalue weighted by molar-refractivity contribution is -0.385. The third-order valence-electron chi connectivity index (χ3n) is 2.32. The van der Waals surface area contributed by atoms with Gasteiger partial charge in [-0.15, -0.1) is 0 Å². The third kappa shape index (κ3) is 4.56. The molecule has 0 amide bonds. The molecule has 0 bridgehead atoms. The van der Waals surface area contributed by atoms with E-state index in [0.717, 1.165) is 0 Å². The molecule has 19 heavy (non-hydrogen) atoms. The number of hydrogen-bond donors (Lipinski definition) is 3. The number of aliphatic hydroxyl groups excluding tert-OH is 2. The Balaban J connectivity index is 2.93. The predicted octanol–water partition coefficient (Wildman–Crippen LogP) is -0.633. The normalized spacial score (nSPS) is 11.7. The fraction of sp³-hybridized carbons (Fsp3) is 0.400. The van der Waals surface area contributed by atoms with E-state index in [-0.39, 0.29) is 11.3 Å². The maximum absolute atomic E-state index is 11.7. The molecule has 106 valence electrons. The van der Waals surface area contributed by atoms with Crippen LogP contribution in [0.4, 0.5) is 5.69 Å². The summed E-state index contributed by atoms with van der Waals surface area (Å²) >= 11 is 0. The van der Waals surface area contributed by atoms with Gasteiger partial charge in [0.2, 0.25) is 10.0 Å². The van der Waals surface area contributed by atoms with Crippen LogP contribution in [-0.4, -0.2) is 42.8 Å². The van der Waals surface area contributed by atoms with Gasteiger partial charge in [0.15, 0.2) is 0 Å². The van der Waals surface area contributed by atoms with E-state index in [9.17, 15) is 18.5 Å². The molecule has 1 aromatic rings. The van der Waals surface area contributed by atoms with E-state index in [1.165, 1.54) is 24.3 Å². The van der Waals surface area contributed by atoms with Crippen LogP contribution in [0.1, 0.15) is 5.56 Å². The molecule has 9 heteroatoms.